The normalized spacial score (nSPS) is 17.9. The molecule has 1 atom stereocenters. The van der Waals surface area contributed by atoms with Gasteiger partial charge in [0.05, 0.1) is 5.69 Å². The topological polar surface area (TPSA) is 48.4 Å². The molecule has 3 rings (SSSR count). The van der Waals surface area contributed by atoms with E-state index in [2.05, 4.69) is 44.8 Å². The predicted octanol–water partition coefficient (Wildman–Crippen LogP) is 1.96. The van der Waals surface area contributed by atoms with Crippen LogP contribution in [-0.4, -0.2) is 60.1 Å². The van der Waals surface area contributed by atoms with E-state index in [1.54, 1.807) is 0 Å². The number of hydrogen-bond donors (Lipinski definition) is 0. The van der Waals surface area contributed by atoms with Crippen molar-refractivity contribution in [1.29, 1.82) is 0 Å². The van der Waals surface area contributed by atoms with Gasteiger partial charge in [0.2, 0.25) is 5.95 Å². The number of likely N-dealkylation sites (tertiary alicyclic amines) is 1. The highest BCUT2D eigenvalue weighted by molar-refractivity contribution is 5.42. The largest absolute Gasteiger partial charge is 0.363 e. The van der Waals surface area contributed by atoms with Crippen LogP contribution in [0.15, 0.2) is 30.6 Å². The van der Waals surface area contributed by atoms with Gasteiger partial charge in [0.15, 0.2) is 0 Å². The summed E-state index contributed by atoms with van der Waals surface area (Å²) in [7, 11) is 6.09. The molecular formula is C18H26N6. The lowest BCUT2D eigenvalue weighted by atomic mass is 10.2. The minimum absolute atomic E-state index is 0.437. The molecule has 0 N–H and O–H groups in total. The summed E-state index contributed by atoms with van der Waals surface area (Å²) in [5.41, 5.74) is 2.43. The monoisotopic (exact) mass is 326 g/mol. The van der Waals surface area contributed by atoms with Gasteiger partial charge in [-0.2, -0.15) is 4.98 Å². The van der Waals surface area contributed by atoms with Crippen LogP contribution in [0.5, 0.6) is 0 Å². The Hall–Kier alpha value is -2.21. The maximum atomic E-state index is 4.65. The Kier molecular flexibility index (Phi) is 4.94. The van der Waals surface area contributed by atoms with E-state index in [9.17, 15) is 0 Å². The second-order valence-corrected chi connectivity index (χ2v) is 6.66. The maximum Gasteiger partial charge on any atom is 0.227 e. The van der Waals surface area contributed by atoms with Gasteiger partial charge >= 0.3 is 0 Å². The number of hydrogen-bond acceptors (Lipinski definition) is 6. The van der Waals surface area contributed by atoms with Crippen LogP contribution in [0, 0.1) is 6.92 Å². The molecule has 0 radical (unpaired) electrons. The molecule has 0 spiro atoms. The number of likely N-dealkylation sites (N-methyl/N-ethyl adjacent to an activating group) is 1. The Bertz CT molecular complexity index is 687. The summed E-state index contributed by atoms with van der Waals surface area (Å²) < 4.78 is 0. The fourth-order valence-electron chi connectivity index (χ4n) is 3.09. The fourth-order valence-corrected chi connectivity index (χ4v) is 3.09. The summed E-state index contributed by atoms with van der Waals surface area (Å²) >= 11 is 0. The highest BCUT2D eigenvalue weighted by Crippen LogP contribution is 2.21. The van der Waals surface area contributed by atoms with Crippen LogP contribution in [0.4, 0.5) is 11.8 Å². The van der Waals surface area contributed by atoms with E-state index in [4.69, 9.17) is 0 Å². The number of aryl methyl sites for hydroxylation is 1. The zero-order chi connectivity index (χ0) is 17.1. The standard InChI is InChI=1S/C18H26N6/c1-14-6-5-9-19-16(14)13-24-11-8-15(12-24)23(4)18-20-10-7-17(21-18)22(2)3/h5-7,9-10,15H,8,11-13H2,1-4H3. The SMILES string of the molecule is Cc1cccnc1CN1CCC(N(C)c2nccc(N(C)C)n2)C1. The Labute approximate surface area is 144 Å². The lowest BCUT2D eigenvalue weighted by molar-refractivity contribution is 0.321. The molecule has 0 bridgehead atoms. The van der Waals surface area contributed by atoms with Crippen LogP contribution >= 0.6 is 0 Å². The quantitative estimate of drug-likeness (QED) is 0.837. The van der Waals surface area contributed by atoms with Crippen molar-refractivity contribution < 1.29 is 0 Å². The van der Waals surface area contributed by atoms with Gasteiger partial charge in [0.1, 0.15) is 5.82 Å². The molecule has 6 nitrogen and oxygen atoms in total. The predicted molar refractivity (Wildman–Crippen MR) is 97.4 cm³/mol. The highest BCUT2D eigenvalue weighted by atomic mass is 15.3. The highest BCUT2D eigenvalue weighted by Gasteiger charge is 2.27. The maximum absolute atomic E-state index is 4.65. The average Bonchev–Trinajstić information content (AvgIpc) is 3.05. The molecule has 0 amide bonds. The first kappa shape index (κ1) is 16.6. The summed E-state index contributed by atoms with van der Waals surface area (Å²) in [6, 6.07) is 6.49. The number of anilines is 2. The van der Waals surface area contributed by atoms with Crippen LogP contribution < -0.4 is 9.80 Å². The molecule has 1 aliphatic rings. The van der Waals surface area contributed by atoms with E-state index in [0.29, 0.717) is 6.04 Å². The number of nitrogens with zero attached hydrogens (tertiary/aromatic N) is 6. The number of pyridine rings is 1. The first-order chi connectivity index (χ1) is 11.5. The molecule has 2 aromatic rings. The Balaban J connectivity index is 1.65. The Morgan fingerprint density at radius 1 is 1.17 bits per heavy atom. The molecule has 6 heteroatoms. The van der Waals surface area contributed by atoms with Crippen LogP contribution in [0.1, 0.15) is 17.7 Å². The van der Waals surface area contributed by atoms with Crippen LogP contribution in [0.2, 0.25) is 0 Å². The third kappa shape index (κ3) is 3.64. The zero-order valence-electron chi connectivity index (χ0n) is 15.0. The van der Waals surface area contributed by atoms with E-state index >= 15 is 0 Å². The van der Waals surface area contributed by atoms with Crippen molar-refractivity contribution in [1.82, 2.24) is 19.9 Å². The van der Waals surface area contributed by atoms with E-state index < -0.39 is 0 Å². The fraction of sp³-hybridized carbons (Fsp3) is 0.500. The van der Waals surface area contributed by atoms with Gasteiger partial charge in [-0.1, -0.05) is 6.07 Å². The third-order valence-corrected chi connectivity index (χ3v) is 4.69. The summed E-state index contributed by atoms with van der Waals surface area (Å²) in [6.07, 6.45) is 4.83. The lowest BCUT2D eigenvalue weighted by Gasteiger charge is -2.25. The van der Waals surface area contributed by atoms with E-state index in [1.165, 1.54) is 11.3 Å². The minimum Gasteiger partial charge on any atom is -0.363 e. The van der Waals surface area contributed by atoms with Gasteiger partial charge < -0.3 is 9.80 Å². The van der Waals surface area contributed by atoms with Gasteiger partial charge in [-0.25, -0.2) is 4.98 Å². The van der Waals surface area contributed by atoms with Gasteiger partial charge in [0.25, 0.3) is 0 Å². The molecule has 1 aliphatic heterocycles. The second-order valence-electron chi connectivity index (χ2n) is 6.66. The molecule has 0 aliphatic carbocycles. The zero-order valence-corrected chi connectivity index (χ0v) is 15.0. The molecule has 1 saturated heterocycles. The molecule has 3 heterocycles. The van der Waals surface area contributed by atoms with Gasteiger partial charge in [-0.15, -0.1) is 0 Å². The number of rotatable bonds is 5. The van der Waals surface area contributed by atoms with E-state index in [1.807, 2.05) is 43.5 Å². The lowest BCUT2D eigenvalue weighted by Crippen LogP contribution is -2.35. The first-order valence-corrected chi connectivity index (χ1v) is 8.40. The van der Waals surface area contributed by atoms with Crippen molar-refractivity contribution in [2.24, 2.45) is 0 Å². The van der Waals surface area contributed by atoms with Crippen molar-refractivity contribution >= 4 is 11.8 Å². The molecule has 0 saturated carbocycles. The Morgan fingerprint density at radius 3 is 2.75 bits per heavy atom. The summed E-state index contributed by atoms with van der Waals surface area (Å²) in [4.78, 5) is 20.3. The van der Waals surface area contributed by atoms with Gasteiger partial charge in [-0.05, 0) is 31.0 Å². The summed E-state index contributed by atoms with van der Waals surface area (Å²) in [5.74, 6) is 1.73. The first-order valence-electron chi connectivity index (χ1n) is 8.40. The van der Waals surface area contributed by atoms with Gasteiger partial charge in [-0.3, -0.25) is 9.88 Å². The molecule has 0 aromatic carbocycles. The third-order valence-electron chi connectivity index (χ3n) is 4.69. The van der Waals surface area contributed by atoms with Crippen LogP contribution in [-0.2, 0) is 6.54 Å². The smallest absolute Gasteiger partial charge is 0.227 e. The van der Waals surface area contributed by atoms with Crippen molar-refractivity contribution in [3.63, 3.8) is 0 Å². The average molecular weight is 326 g/mol. The summed E-state index contributed by atoms with van der Waals surface area (Å²) in [5, 5.41) is 0. The molecule has 128 valence electrons. The van der Waals surface area contributed by atoms with Gasteiger partial charge in [0, 0.05) is 59.2 Å². The second kappa shape index (κ2) is 7.13. The molecule has 2 aromatic heterocycles. The molecule has 1 unspecified atom stereocenters. The van der Waals surface area contributed by atoms with Crippen LogP contribution in [0.3, 0.4) is 0 Å². The van der Waals surface area contributed by atoms with E-state index in [0.717, 1.165) is 37.8 Å². The molecule has 24 heavy (non-hydrogen) atoms. The van der Waals surface area contributed by atoms with Crippen molar-refractivity contribution in [2.45, 2.75) is 25.9 Å². The van der Waals surface area contributed by atoms with Crippen molar-refractivity contribution in [2.75, 3.05) is 44.0 Å². The number of aromatic nitrogens is 3. The van der Waals surface area contributed by atoms with Crippen molar-refractivity contribution in [3.05, 3.63) is 41.9 Å². The van der Waals surface area contributed by atoms with Crippen LogP contribution in [0.25, 0.3) is 0 Å². The Morgan fingerprint density at radius 2 is 2.00 bits per heavy atom. The summed E-state index contributed by atoms with van der Waals surface area (Å²) in [6.45, 7) is 5.14. The van der Waals surface area contributed by atoms with E-state index in [-0.39, 0.29) is 0 Å². The minimum atomic E-state index is 0.437. The molecule has 1 fully saturated rings. The molecular weight excluding hydrogens is 300 g/mol. The van der Waals surface area contributed by atoms with Crippen molar-refractivity contribution in [3.8, 4) is 0 Å².